The molecule has 4 nitrogen and oxygen atoms in total. The van der Waals surface area contributed by atoms with Gasteiger partial charge in [-0.05, 0) is 16.7 Å². The molecule has 2 aromatic carbocycles. The highest BCUT2D eigenvalue weighted by molar-refractivity contribution is 7.79. The largest absolute Gasteiger partial charge is 0.872 e. The molecule has 0 aromatic heterocycles. The first-order valence-corrected chi connectivity index (χ1v) is 7.24. The standard InChI is InChI=1S/C14H15NO3S/c1-19(17)18-15-10-13-8-7-12(9-14(13)16)11-5-3-2-4-6-11/h2-9,15-16H,10H2,1H3/p-1. The van der Waals surface area contributed by atoms with E-state index < -0.39 is 11.1 Å². The van der Waals surface area contributed by atoms with E-state index in [0.29, 0.717) is 5.56 Å². The third kappa shape index (κ3) is 3.89. The SMILES string of the molecule is CS(=O)ONCc1ccc(-c2ccccc2)cc1[O-]. The Morgan fingerprint density at radius 1 is 1.16 bits per heavy atom. The second-order valence-corrected chi connectivity index (χ2v) is 4.96. The fraction of sp³-hybridized carbons (Fsp3) is 0.143. The molecule has 0 radical (unpaired) electrons. The lowest BCUT2D eigenvalue weighted by molar-refractivity contribution is -0.269. The number of benzene rings is 2. The Kier molecular flexibility index (Phi) is 4.68. The molecule has 5 heteroatoms. The van der Waals surface area contributed by atoms with Gasteiger partial charge >= 0.3 is 0 Å². The van der Waals surface area contributed by atoms with E-state index in [-0.39, 0.29) is 12.3 Å². The summed E-state index contributed by atoms with van der Waals surface area (Å²) in [5.41, 5.74) is 4.96. The first kappa shape index (κ1) is 13.7. The smallest absolute Gasteiger partial charge is 0.169 e. The molecule has 100 valence electrons. The fourth-order valence-corrected chi connectivity index (χ4v) is 1.93. The van der Waals surface area contributed by atoms with Gasteiger partial charge in [-0.2, -0.15) is 5.48 Å². The predicted molar refractivity (Wildman–Crippen MR) is 73.3 cm³/mol. The van der Waals surface area contributed by atoms with Gasteiger partial charge in [-0.25, -0.2) is 8.49 Å². The molecule has 1 unspecified atom stereocenters. The maximum atomic E-state index is 11.9. The molecule has 0 aliphatic heterocycles. The number of hydrogen-bond donors (Lipinski definition) is 1. The molecular weight excluding hydrogens is 262 g/mol. The Morgan fingerprint density at radius 3 is 2.53 bits per heavy atom. The zero-order valence-corrected chi connectivity index (χ0v) is 11.3. The molecule has 0 bridgehead atoms. The van der Waals surface area contributed by atoms with Crippen LogP contribution < -0.4 is 10.6 Å². The first-order valence-electron chi connectivity index (χ1n) is 5.76. The van der Waals surface area contributed by atoms with E-state index in [4.69, 9.17) is 4.28 Å². The van der Waals surface area contributed by atoms with Crippen molar-refractivity contribution in [2.24, 2.45) is 0 Å². The Balaban J connectivity index is 2.11. The van der Waals surface area contributed by atoms with E-state index in [0.717, 1.165) is 11.1 Å². The van der Waals surface area contributed by atoms with Crippen molar-refractivity contribution in [1.82, 2.24) is 5.48 Å². The van der Waals surface area contributed by atoms with Gasteiger partial charge in [-0.1, -0.05) is 48.5 Å². The van der Waals surface area contributed by atoms with Gasteiger partial charge in [-0.15, -0.1) is 5.75 Å². The van der Waals surface area contributed by atoms with E-state index in [9.17, 15) is 9.32 Å². The second-order valence-electron chi connectivity index (χ2n) is 3.99. The first-order chi connectivity index (χ1) is 9.16. The number of hydrogen-bond acceptors (Lipinski definition) is 4. The Labute approximate surface area is 114 Å². The normalized spacial score (nSPS) is 12.3. The molecule has 2 rings (SSSR count). The van der Waals surface area contributed by atoms with Crippen molar-refractivity contribution in [3.8, 4) is 16.9 Å². The summed E-state index contributed by atoms with van der Waals surface area (Å²) in [6.45, 7) is 0.230. The van der Waals surface area contributed by atoms with Gasteiger partial charge in [0.15, 0.2) is 11.1 Å². The third-order valence-corrected chi connectivity index (χ3v) is 2.97. The topological polar surface area (TPSA) is 61.4 Å². The van der Waals surface area contributed by atoms with Crippen molar-refractivity contribution in [3.05, 3.63) is 54.1 Å². The molecule has 1 atom stereocenters. The van der Waals surface area contributed by atoms with Crippen LogP contribution in [-0.4, -0.2) is 10.5 Å². The molecule has 1 N–H and O–H groups in total. The van der Waals surface area contributed by atoms with Gasteiger partial charge in [0.05, 0.1) is 0 Å². The highest BCUT2D eigenvalue weighted by Crippen LogP contribution is 2.24. The van der Waals surface area contributed by atoms with E-state index in [1.165, 1.54) is 6.26 Å². The average Bonchev–Trinajstić information content (AvgIpc) is 2.41. The summed E-state index contributed by atoms with van der Waals surface area (Å²) in [7, 11) is 0. The average molecular weight is 276 g/mol. The van der Waals surface area contributed by atoms with Crippen LogP contribution in [0.25, 0.3) is 11.1 Å². The predicted octanol–water partition coefficient (Wildman–Crippen LogP) is 1.74. The summed E-state index contributed by atoms with van der Waals surface area (Å²) in [6.07, 6.45) is 1.41. The molecule has 0 spiro atoms. The molecule has 19 heavy (non-hydrogen) atoms. The molecule has 0 amide bonds. The van der Waals surface area contributed by atoms with Gasteiger partial charge in [0.1, 0.15) is 0 Å². The lowest BCUT2D eigenvalue weighted by Crippen LogP contribution is -2.16. The molecule has 0 aliphatic rings. The Bertz CT molecular complexity index is 572. The number of rotatable bonds is 5. The quantitative estimate of drug-likeness (QED) is 0.845. The molecule has 0 saturated carbocycles. The van der Waals surface area contributed by atoms with E-state index >= 15 is 0 Å². The molecule has 0 fully saturated rings. The minimum Gasteiger partial charge on any atom is -0.872 e. The summed E-state index contributed by atoms with van der Waals surface area (Å²) in [6, 6.07) is 14.9. The minimum absolute atomic E-state index is 0.0701. The van der Waals surface area contributed by atoms with Crippen LogP contribution in [0.2, 0.25) is 0 Å². The van der Waals surface area contributed by atoms with Crippen LogP contribution in [0, 0.1) is 0 Å². The third-order valence-electron chi connectivity index (χ3n) is 2.61. The van der Waals surface area contributed by atoms with Gasteiger partial charge in [0, 0.05) is 12.8 Å². The van der Waals surface area contributed by atoms with Crippen LogP contribution in [0.4, 0.5) is 0 Å². The van der Waals surface area contributed by atoms with Gasteiger partial charge in [0.2, 0.25) is 0 Å². The Hall–Kier alpha value is -1.69. The fourth-order valence-electron chi connectivity index (χ4n) is 1.70. The Morgan fingerprint density at radius 2 is 1.89 bits per heavy atom. The van der Waals surface area contributed by atoms with E-state index in [1.807, 2.05) is 36.4 Å². The van der Waals surface area contributed by atoms with Crippen molar-refractivity contribution < 1.29 is 13.6 Å². The minimum atomic E-state index is -1.39. The van der Waals surface area contributed by atoms with Crippen molar-refractivity contribution >= 4 is 11.1 Å². The zero-order valence-electron chi connectivity index (χ0n) is 10.5. The molecule has 0 aliphatic carbocycles. The van der Waals surface area contributed by atoms with Gasteiger partial charge < -0.3 is 5.11 Å². The lowest BCUT2D eigenvalue weighted by atomic mass is 10.0. The van der Waals surface area contributed by atoms with Gasteiger partial charge in [-0.3, -0.25) is 0 Å². The maximum absolute atomic E-state index is 11.9. The molecular formula is C14H14NO3S-. The monoisotopic (exact) mass is 276 g/mol. The molecule has 0 saturated heterocycles. The van der Waals surface area contributed by atoms with Crippen LogP contribution in [-0.2, 0) is 21.9 Å². The summed E-state index contributed by atoms with van der Waals surface area (Å²) < 4.78 is 15.4. The zero-order chi connectivity index (χ0) is 13.7. The number of nitrogens with one attached hydrogen (secondary N) is 1. The highest BCUT2D eigenvalue weighted by Gasteiger charge is 2.00. The van der Waals surface area contributed by atoms with Crippen LogP contribution in [0.15, 0.2) is 48.5 Å². The van der Waals surface area contributed by atoms with E-state index in [2.05, 4.69) is 5.48 Å². The van der Waals surface area contributed by atoms with Crippen molar-refractivity contribution in [2.75, 3.05) is 6.26 Å². The summed E-state index contributed by atoms with van der Waals surface area (Å²) in [5.74, 6) is -0.0701. The van der Waals surface area contributed by atoms with Crippen LogP contribution >= 0.6 is 0 Å². The molecule has 0 heterocycles. The van der Waals surface area contributed by atoms with Crippen molar-refractivity contribution in [1.29, 1.82) is 0 Å². The van der Waals surface area contributed by atoms with Crippen molar-refractivity contribution in [2.45, 2.75) is 6.54 Å². The van der Waals surface area contributed by atoms with Crippen molar-refractivity contribution in [3.63, 3.8) is 0 Å². The summed E-state index contributed by atoms with van der Waals surface area (Å²) >= 11 is -1.39. The summed E-state index contributed by atoms with van der Waals surface area (Å²) in [4.78, 5) is 0. The highest BCUT2D eigenvalue weighted by atomic mass is 32.2. The lowest BCUT2D eigenvalue weighted by Gasteiger charge is -2.15. The second kappa shape index (κ2) is 6.47. The summed E-state index contributed by atoms with van der Waals surface area (Å²) in [5, 5.41) is 11.9. The number of hydroxylamine groups is 1. The van der Waals surface area contributed by atoms with E-state index in [1.54, 1.807) is 12.1 Å². The van der Waals surface area contributed by atoms with Crippen LogP contribution in [0.1, 0.15) is 5.56 Å². The van der Waals surface area contributed by atoms with Crippen LogP contribution in [0.5, 0.6) is 5.75 Å². The maximum Gasteiger partial charge on any atom is 0.169 e. The van der Waals surface area contributed by atoms with Crippen LogP contribution in [0.3, 0.4) is 0 Å². The molecule has 2 aromatic rings. The van der Waals surface area contributed by atoms with Gasteiger partial charge in [0.25, 0.3) is 0 Å².